The van der Waals surface area contributed by atoms with Crippen LogP contribution in [0.25, 0.3) is 0 Å². The molecule has 21 heavy (non-hydrogen) atoms. The molecule has 1 atom stereocenters. The highest BCUT2D eigenvalue weighted by Crippen LogP contribution is 2.30. The van der Waals surface area contributed by atoms with Crippen molar-refractivity contribution in [3.8, 4) is 0 Å². The van der Waals surface area contributed by atoms with Crippen molar-refractivity contribution in [1.29, 1.82) is 0 Å². The second kappa shape index (κ2) is 7.10. The van der Waals surface area contributed by atoms with E-state index >= 15 is 0 Å². The van der Waals surface area contributed by atoms with Crippen LogP contribution in [0.5, 0.6) is 0 Å². The fourth-order valence-corrected chi connectivity index (χ4v) is 3.29. The molecule has 1 aliphatic heterocycles. The number of halogens is 1. The van der Waals surface area contributed by atoms with Gasteiger partial charge in [-0.05, 0) is 42.9 Å². The van der Waals surface area contributed by atoms with E-state index in [0.717, 1.165) is 29.5 Å². The quantitative estimate of drug-likeness (QED) is 0.877. The molecule has 0 amide bonds. The topological polar surface area (TPSA) is 32.5 Å². The zero-order chi connectivity index (χ0) is 14.7. The van der Waals surface area contributed by atoms with Crippen LogP contribution in [0.15, 0.2) is 24.3 Å². The highest BCUT2D eigenvalue weighted by molar-refractivity contribution is 6.30. The van der Waals surface area contributed by atoms with Crippen LogP contribution in [0, 0.1) is 5.92 Å². The van der Waals surface area contributed by atoms with Crippen LogP contribution in [0.2, 0.25) is 5.02 Å². The molecular formula is C17H26ClN3. The number of benzene rings is 1. The van der Waals surface area contributed by atoms with Gasteiger partial charge in [0, 0.05) is 50.3 Å². The molecule has 116 valence electrons. The van der Waals surface area contributed by atoms with Gasteiger partial charge < -0.3 is 15.5 Å². The Morgan fingerprint density at radius 3 is 2.52 bits per heavy atom. The summed E-state index contributed by atoms with van der Waals surface area (Å²) in [7, 11) is 0. The third kappa shape index (κ3) is 4.68. The Balaban J connectivity index is 1.39. The lowest BCUT2D eigenvalue weighted by Crippen LogP contribution is -2.47. The molecule has 3 rings (SSSR count). The van der Waals surface area contributed by atoms with Crippen LogP contribution in [0.4, 0.5) is 0 Å². The Labute approximate surface area is 133 Å². The fourth-order valence-electron chi connectivity index (χ4n) is 3.09. The Kier molecular flexibility index (Phi) is 5.17. The van der Waals surface area contributed by atoms with E-state index in [-0.39, 0.29) is 6.04 Å². The van der Waals surface area contributed by atoms with Gasteiger partial charge in [0.25, 0.3) is 0 Å². The molecule has 1 aromatic rings. The Morgan fingerprint density at radius 1 is 1.14 bits per heavy atom. The number of nitrogens with zero attached hydrogens (tertiary/aromatic N) is 2. The molecule has 3 nitrogen and oxygen atoms in total. The molecule has 1 saturated heterocycles. The Morgan fingerprint density at radius 2 is 1.86 bits per heavy atom. The maximum absolute atomic E-state index is 6.29. The smallest absolute Gasteiger partial charge is 0.0409 e. The summed E-state index contributed by atoms with van der Waals surface area (Å²) < 4.78 is 0. The number of rotatable bonds is 6. The number of piperazine rings is 1. The molecule has 2 fully saturated rings. The van der Waals surface area contributed by atoms with Crippen molar-refractivity contribution >= 4 is 11.6 Å². The van der Waals surface area contributed by atoms with Crippen molar-refractivity contribution in [2.24, 2.45) is 11.7 Å². The first-order valence-electron chi connectivity index (χ1n) is 8.16. The van der Waals surface area contributed by atoms with Gasteiger partial charge in [-0.2, -0.15) is 0 Å². The van der Waals surface area contributed by atoms with Crippen LogP contribution in [0.3, 0.4) is 0 Å². The van der Waals surface area contributed by atoms with E-state index in [4.69, 9.17) is 17.3 Å². The maximum Gasteiger partial charge on any atom is 0.0409 e. The summed E-state index contributed by atoms with van der Waals surface area (Å²) in [5.41, 5.74) is 7.43. The molecule has 0 spiro atoms. The largest absolute Gasteiger partial charge is 0.324 e. The molecule has 1 aliphatic carbocycles. The molecule has 1 unspecified atom stereocenters. The Bertz CT molecular complexity index is 453. The predicted octanol–water partition coefficient (Wildman–Crippen LogP) is 2.76. The molecular weight excluding hydrogens is 282 g/mol. The van der Waals surface area contributed by atoms with E-state index < -0.39 is 0 Å². The highest BCUT2D eigenvalue weighted by Gasteiger charge is 2.26. The molecule has 2 N–H and O–H groups in total. The molecule has 4 heteroatoms. The van der Waals surface area contributed by atoms with E-state index in [9.17, 15) is 0 Å². The van der Waals surface area contributed by atoms with Crippen molar-refractivity contribution in [1.82, 2.24) is 9.80 Å². The van der Waals surface area contributed by atoms with Gasteiger partial charge in [0.2, 0.25) is 0 Å². The summed E-state index contributed by atoms with van der Waals surface area (Å²) in [5, 5.41) is 0.775. The van der Waals surface area contributed by atoms with Crippen LogP contribution in [-0.4, -0.2) is 49.1 Å². The summed E-state index contributed by atoms with van der Waals surface area (Å²) in [4.78, 5) is 5.18. The highest BCUT2D eigenvalue weighted by atomic mass is 35.5. The zero-order valence-electron chi connectivity index (χ0n) is 12.7. The third-order valence-corrected chi connectivity index (χ3v) is 4.95. The van der Waals surface area contributed by atoms with Crippen molar-refractivity contribution in [2.45, 2.75) is 25.3 Å². The average Bonchev–Trinajstić information content (AvgIpc) is 3.30. The van der Waals surface area contributed by atoms with E-state index in [1.165, 1.54) is 45.6 Å². The fraction of sp³-hybridized carbons (Fsp3) is 0.647. The van der Waals surface area contributed by atoms with Gasteiger partial charge in [-0.15, -0.1) is 0 Å². The lowest BCUT2D eigenvalue weighted by Gasteiger charge is -2.35. The number of hydrogen-bond acceptors (Lipinski definition) is 3. The monoisotopic (exact) mass is 307 g/mol. The van der Waals surface area contributed by atoms with Crippen molar-refractivity contribution in [3.63, 3.8) is 0 Å². The van der Waals surface area contributed by atoms with Crippen LogP contribution >= 0.6 is 11.6 Å². The lowest BCUT2D eigenvalue weighted by molar-refractivity contribution is 0.126. The summed E-state index contributed by atoms with van der Waals surface area (Å²) in [5.74, 6) is 1.01. The average molecular weight is 308 g/mol. The second-order valence-electron chi connectivity index (χ2n) is 6.54. The van der Waals surface area contributed by atoms with E-state index in [2.05, 4.69) is 15.9 Å². The molecule has 0 bridgehead atoms. The van der Waals surface area contributed by atoms with Gasteiger partial charge in [0.1, 0.15) is 0 Å². The standard InChI is InChI=1S/C17H26ClN3/c18-16-3-1-2-15(12-16)17(19)6-7-20-8-10-21(11-9-20)13-14-4-5-14/h1-3,12,14,17H,4-11,13,19H2. The zero-order valence-corrected chi connectivity index (χ0v) is 13.4. The molecule has 0 aromatic heterocycles. The SMILES string of the molecule is NC(CCN1CCN(CC2CC2)CC1)c1cccc(Cl)c1. The third-order valence-electron chi connectivity index (χ3n) is 4.71. The van der Waals surface area contributed by atoms with E-state index in [1.807, 2.05) is 18.2 Å². The minimum absolute atomic E-state index is 0.0909. The van der Waals surface area contributed by atoms with Crippen LogP contribution in [-0.2, 0) is 0 Å². The van der Waals surface area contributed by atoms with Gasteiger partial charge in [0.05, 0.1) is 0 Å². The van der Waals surface area contributed by atoms with E-state index in [1.54, 1.807) is 0 Å². The molecule has 1 saturated carbocycles. The number of hydrogen-bond donors (Lipinski definition) is 1. The summed E-state index contributed by atoms with van der Waals surface area (Å²) in [6.07, 6.45) is 3.91. The van der Waals surface area contributed by atoms with Gasteiger partial charge in [-0.25, -0.2) is 0 Å². The minimum Gasteiger partial charge on any atom is -0.324 e. The molecule has 2 aliphatic rings. The van der Waals surface area contributed by atoms with Gasteiger partial charge in [-0.3, -0.25) is 0 Å². The summed E-state index contributed by atoms with van der Waals surface area (Å²) in [6, 6.07) is 8.03. The van der Waals surface area contributed by atoms with Crippen LogP contribution < -0.4 is 5.73 Å². The summed E-state index contributed by atoms with van der Waals surface area (Å²) >= 11 is 6.03. The van der Waals surface area contributed by atoms with Crippen molar-refractivity contribution in [3.05, 3.63) is 34.9 Å². The Hall–Kier alpha value is -0.610. The van der Waals surface area contributed by atoms with E-state index in [0.29, 0.717) is 0 Å². The van der Waals surface area contributed by atoms with Gasteiger partial charge in [-0.1, -0.05) is 23.7 Å². The lowest BCUT2D eigenvalue weighted by atomic mass is 10.0. The molecule has 0 radical (unpaired) electrons. The molecule has 1 aromatic carbocycles. The number of nitrogens with two attached hydrogens (primary N) is 1. The van der Waals surface area contributed by atoms with Gasteiger partial charge >= 0.3 is 0 Å². The van der Waals surface area contributed by atoms with Crippen LogP contribution in [0.1, 0.15) is 30.9 Å². The maximum atomic E-state index is 6.29. The summed E-state index contributed by atoms with van der Waals surface area (Å²) in [6.45, 7) is 7.25. The normalized spacial score (nSPS) is 22.4. The van der Waals surface area contributed by atoms with Crippen molar-refractivity contribution < 1.29 is 0 Å². The second-order valence-corrected chi connectivity index (χ2v) is 6.97. The first-order valence-corrected chi connectivity index (χ1v) is 8.54. The van der Waals surface area contributed by atoms with Crippen molar-refractivity contribution in [2.75, 3.05) is 39.3 Å². The first-order chi connectivity index (χ1) is 10.2. The molecule has 1 heterocycles. The van der Waals surface area contributed by atoms with Gasteiger partial charge in [0.15, 0.2) is 0 Å². The first kappa shape index (κ1) is 15.3. The predicted molar refractivity (Wildman–Crippen MR) is 88.6 cm³/mol. The minimum atomic E-state index is 0.0909.